The highest BCUT2D eigenvalue weighted by atomic mass is 16.5. The van der Waals surface area contributed by atoms with Gasteiger partial charge in [0.1, 0.15) is 11.5 Å². The van der Waals surface area contributed by atoms with Crippen molar-refractivity contribution in [2.75, 3.05) is 32.6 Å². The zero-order valence-electron chi connectivity index (χ0n) is 18.1. The largest absolute Gasteiger partial charge is 0.497 e. The van der Waals surface area contributed by atoms with Gasteiger partial charge in [0.15, 0.2) is 0 Å². The lowest BCUT2D eigenvalue weighted by molar-refractivity contribution is -0.117. The number of aryl methyl sites for hydroxylation is 1. The predicted molar refractivity (Wildman–Crippen MR) is 117 cm³/mol. The molecule has 5 heteroatoms. The molecular formula is C24H32N2O3. The van der Waals surface area contributed by atoms with Crippen LogP contribution in [-0.4, -0.2) is 38.1 Å². The zero-order valence-corrected chi connectivity index (χ0v) is 18.1. The maximum absolute atomic E-state index is 12.9. The molecule has 0 aliphatic carbocycles. The van der Waals surface area contributed by atoms with Crippen LogP contribution >= 0.6 is 0 Å². The van der Waals surface area contributed by atoms with Crippen molar-refractivity contribution in [2.45, 2.75) is 45.6 Å². The Morgan fingerprint density at radius 1 is 1.21 bits per heavy atom. The summed E-state index contributed by atoms with van der Waals surface area (Å²) in [6.07, 6.45) is 2.05. The summed E-state index contributed by atoms with van der Waals surface area (Å²) in [4.78, 5) is 15.2. The molecule has 2 aromatic carbocycles. The van der Waals surface area contributed by atoms with Crippen molar-refractivity contribution in [1.82, 2.24) is 4.90 Å². The normalized spacial score (nSPS) is 16.8. The van der Waals surface area contributed by atoms with E-state index in [1.807, 2.05) is 37.3 Å². The van der Waals surface area contributed by atoms with Crippen LogP contribution in [-0.2, 0) is 4.79 Å². The average molecular weight is 397 g/mol. The van der Waals surface area contributed by atoms with Gasteiger partial charge in [-0.15, -0.1) is 0 Å². The molecule has 1 aliphatic heterocycles. The molecular weight excluding hydrogens is 364 g/mol. The van der Waals surface area contributed by atoms with Crippen LogP contribution in [0.1, 0.15) is 55.3 Å². The monoisotopic (exact) mass is 396 g/mol. The van der Waals surface area contributed by atoms with Gasteiger partial charge in [-0.05, 0) is 61.6 Å². The van der Waals surface area contributed by atoms with E-state index >= 15 is 0 Å². The first-order valence-corrected chi connectivity index (χ1v) is 10.3. The summed E-state index contributed by atoms with van der Waals surface area (Å²) < 4.78 is 11.0. The van der Waals surface area contributed by atoms with Gasteiger partial charge in [0.2, 0.25) is 5.91 Å². The summed E-state index contributed by atoms with van der Waals surface area (Å²) in [5, 5.41) is 3.17. The molecule has 0 aromatic heterocycles. The van der Waals surface area contributed by atoms with E-state index in [1.165, 1.54) is 5.56 Å². The fourth-order valence-corrected chi connectivity index (χ4v) is 4.17. The summed E-state index contributed by atoms with van der Waals surface area (Å²) in [6, 6.07) is 12.2. The highest BCUT2D eigenvalue weighted by Crippen LogP contribution is 2.38. The van der Waals surface area contributed by atoms with Gasteiger partial charge in [-0.1, -0.05) is 32.0 Å². The third kappa shape index (κ3) is 4.73. The zero-order chi connectivity index (χ0) is 21.0. The first-order chi connectivity index (χ1) is 13.9. The molecule has 1 heterocycles. The van der Waals surface area contributed by atoms with E-state index in [9.17, 15) is 4.79 Å². The van der Waals surface area contributed by atoms with Crippen LogP contribution in [0.5, 0.6) is 11.5 Å². The maximum atomic E-state index is 12.9. The first kappa shape index (κ1) is 21.2. The molecule has 0 saturated carbocycles. The highest BCUT2D eigenvalue weighted by Gasteiger charge is 2.30. The first-order valence-electron chi connectivity index (χ1n) is 10.3. The number of hydrogen-bond acceptors (Lipinski definition) is 4. The minimum absolute atomic E-state index is 0.0231. The van der Waals surface area contributed by atoms with Gasteiger partial charge >= 0.3 is 0 Å². The molecule has 0 bridgehead atoms. The van der Waals surface area contributed by atoms with E-state index in [0.717, 1.165) is 47.7 Å². The number of nitrogens with one attached hydrogen (secondary N) is 1. The number of hydrogen-bond donors (Lipinski definition) is 1. The molecule has 1 N–H and O–H groups in total. The second-order valence-electron chi connectivity index (χ2n) is 7.98. The van der Waals surface area contributed by atoms with E-state index in [-0.39, 0.29) is 11.9 Å². The smallest absolute Gasteiger partial charge is 0.238 e. The number of anilines is 1. The van der Waals surface area contributed by atoms with Crippen molar-refractivity contribution < 1.29 is 14.3 Å². The Hall–Kier alpha value is -2.53. The van der Waals surface area contributed by atoms with Crippen molar-refractivity contribution in [3.63, 3.8) is 0 Å². The lowest BCUT2D eigenvalue weighted by Crippen LogP contribution is -2.33. The second-order valence-corrected chi connectivity index (χ2v) is 7.98. The number of likely N-dealkylation sites (tertiary alicyclic amines) is 1. The molecule has 0 radical (unpaired) electrons. The summed E-state index contributed by atoms with van der Waals surface area (Å²) in [5.41, 5.74) is 4.29. The molecule has 1 fully saturated rings. The van der Waals surface area contributed by atoms with Gasteiger partial charge in [0, 0.05) is 17.3 Å². The van der Waals surface area contributed by atoms with Gasteiger partial charge in [-0.25, -0.2) is 0 Å². The Kier molecular flexibility index (Phi) is 6.80. The van der Waals surface area contributed by atoms with Gasteiger partial charge in [-0.2, -0.15) is 0 Å². The molecule has 2 aromatic rings. The minimum atomic E-state index is 0.0231. The number of nitrogens with zero attached hydrogens (tertiary/aromatic N) is 1. The minimum Gasteiger partial charge on any atom is -0.497 e. The van der Waals surface area contributed by atoms with Crippen molar-refractivity contribution in [1.29, 1.82) is 0 Å². The summed E-state index contributed by atoms with van der Waals surface area (Å²) in [7, 11) is 3.35. The molecule has 29 heavy (non-hydrogen) atoms. The predicted octanol–water partition coefficient (Wildman–Crippen LogP) is 4.91. The van der Waals surface area contributed by atoms with Crippen LogP contribution in [0.25, 0.3) is 0 Å². The van der Waals surface area contributed by atoms with Gasteiger partial charge in [-0.3, -0.25) is 9.69 Å². The van der Waals surface area contributed by atoms with Crippen molar-refractivity contribution in [3.05, 3.63) is 53.1 Å². The van der Waals surface area contributed by atoms with Crippen LogP contribution in [0.4, 0.5) is 5.69 Å². The molecule has 156 valence electrons. The van der Waals surface area contributed by atoms with Gasteiger partial charge < -0.3 is 14.8 Å². The number of amides is 1. The SMILES string of the molecule is COc1ccc(OC)c([C@@H]2CCCN2CC(=O)Nc2c(C)cccc2C(C)C)c1. The van der Waals surface area contributed by atoms with Gasteiger partial charge in [0.05, 0.1) is 20.8 Å². The Bertz CT molecular complexity index is 863. The Morgan fingerprint density at radius 2 is 2.00 bits per heavy atom. The van der Waals surface area contributed by atoms with Crippen LogP contribution in [0, 0.1) is 6.92 Å². The second kappa shape index (κ2) is 9.31. The van der Waals surface area contributed by atoms with Gasteiger partial charge in [0.25, 0.3) is 0 Å². The fraction of sp³-hybridized carbons (Fsp3) is 0.458. The summed E-state index contributed by atoms with van der Waals surface area (Å²) in [5.74, 6) is 2.02. The summed E-state index contributed by atoms with van der Waals surface area (Å²) >= 11 is 0. The van der Waals surface area contributed by atoms with Crippen LogP contribution < -0.4 is 14.8 Å². The lowest BCUT2D eigenvalue weighted by Gasteiger charge is -2.26. The number of methoxy groups -OCH3 is 2. The number of para-hydroxylation sites is 1. The number of carbonyl (C=O) groups is 1. The number of benzene rings is 2. The summed E-state index contributed by atoms with van der Waals surface area (Å²) in [6.45, 7) is 7.59. The van der Waals surface area contributed by atoms with Crippen molar-refractivity contribution in [2.24, 2.45) is 0 Å². The molecule has 5 nitrogen and oxygen atoms in total. The molecule has 1 atom stereocenters. The number of rotatable bonds is 7. The van der Waals surface area contributed by atoms with Crippen LogP contribution in [0.15, 0.2) is 36.4 Å². The number of ether oxygens (including phenoxy) is 2. The third-order valence-electron chi connectivity index (χ3n) is 5.70. The fourth-order valence-electron chi connectivity index (χ4n) is 4.17. The molecule has 1 aliphatic rings. The molecule has 1 amide bonds. The highest BCUT2D eigenvalue weighted by molar-refractivity contribution is 5.94. The molecule has 0 spiro atoms. The number of carbonyl (C=O) groups excluding carboxylic acids is 1. The van der Waals surface area contributed by atoms with E-state index in [1.54, 1.807) is 14.2 Å². The quantitative estimate of drug-likeness (QED) is 0.722. The van der Waals surface area contributed by atoms with Crippen LogP contribution in [0.2, 0.25) is 0 Å². The Balaban J connectivity index is 1.78. The lowest BCUT2D eigenvalue weighted by atomic mass is 9.98. The topological polar surface area (TPSA) is 50.8 Å². The third-order valence-corrected chi connectivity index (χ3v) is 5.70. The van der Waals surface area contributed by atoms with Crippen molar-refractivity contribution in [3.8, 4) is 11.5 Å². The molecule has 0 unspecified atom stereocenters. The molecule has 1 saturated heterocycles. The average Bonchev–Trinajstić information content (AvgIpc) is 3.16. The Morgan fingerprint density at radius 3 is 2.69 bits per heavy atom. The van der Waals surface area contributed by atoms with Crippen molar-refractivity contribution >= 4 is 11.6 Å². The van der Waals surface area contributed by atoms with E-state index in [0.29, 0.717) is 12.5 Å². The van der Waals surface area contributed by atoms with Crippen LogP contribution in [0.3, 0.4) is 0 Å². The van der Waals surface area contributed by atoms with E-state index in [2.05, 4.69) is 30.1 Å². The van der Waals surface area contributed by atoms with E-state index in [4.69, 9.17) is 9.47 Å². The molecule has 3 rings (SSSR count). The maximum Gasteiger partial charge on any atom is 0.238 e. The van der Waals surface area contributed by atoms with E-state index < -0.39 is 0 Å². The Labute approximate surface area is 174 Å². The standard InChI is InChI=1S/C24H32N2O3/c1-16(2)19-9-6-8-17(3)24(19)25-23(27)15-26-13-7-10-21(26)20-14-18(28-4)11-12-22(20)29-5/h6,8-9,11-12,14,16,21H,7,10,13,15H2,1-5H3,(H,25,27)/t21-/m0/s1.